The first kappa shape index (κ1) is 16.7. The van der Waals surface area contributed by atoms with Gasteiger partial charge in [-0.2, -0.15) is 0 Å². The van der Waals surface area contributed by atoms with Crippen molar-refractivity contribution in [1.29, 1.82) is 0 Å². The molecule has 3 N–H and O–H groups in total. The highest BCUT2D eigenvalue weighted by Crippen LogP contribution is 2.48. The molecular formula is C17H20N2O4S. The van der Waals surface area contributed by atoms with E-state index in [-0.39, 0.29) is 17.7 Å². The Hall–Kier alpha value is -2.15. The topological polar surface area (TPSA) is 95.5 Å². The van der Waals surface area contributed by atoms with Crippen LogP contribution in [0.1, 0.15) is 35.0 Å². The molecule has 6 nitrogen and oxygen atoms in total. The first-order chi connectivity index (χ1) is 11.5. The van der Waals surface area contributed by atoms with E-state index in [9.17, 15) is 19.5 Å². The fourth-order valence-electron chi connectivity index (χ4n) is 3.67. The van der Waals surface area contributed by atoms with Crippen LogP contribution in [0.2, 0.25) is 0 Å². The van der Waals surface area contributed by atoms with Gasteiger partial charge in [-0.05, 0) is 30.7 Å². The number of thiophene rings is 1. The van der Waals surface area contributed by atoms with E-state index in [2.05, 4.69) is 17.8 Å². The smallest absolute Gasteiger partial charge is 0.307 e. The van der Waals surface area contributed by atoms with Crippen LogP contribution >= 0.6 is 11.3 Å². The number of hydrogen-bond donors (Lipinski definition) is 3. The molecule has 2 amide bonds. The van der Waals surface area contributed by atoms with Crippen molar-refractivity contribution in [2.75, 3.05) is 0 Å². The molecule has 2 aliphatic carbocycles. The number of hydrazine groups is 1. The molecule has 2 bridgehead atoms. The van der Waals surface area contributed by atoms with E-state index in [1.165, 1.54) is 11.3 Å². The standard InChI is InChI=1S/C17H20N2O4S/c1-2-3-12-7-11(8-24-12)15(20)18-19-16(21)13-9-4-5-10(6-9)14(13)17(22)23/h4-5,7-10,13-14H,2-3,6H2,1H3,(H,18,20)(H,19,21)(H,22,23)/t9-,10-,13+,14-/m0/s1. The number of carboxylic acid groups (broad SMARTS) is 1. The van der Waals surface area contributed by atoms with Gasteiger partial charge in [0.2, 0.25) is 5.91 Å². The molecule has 1 aromatic rings. The van der Waals surface area contributed by atoms with E-state index < -0.39 is 23.7 Å². The second-order valence-corrected chi connectivity index (χ2v) is 7.33. The van der Waals surface area contributed by atoms with Crippen molar-refractivity contribution in [1.82, 2.24) is 10.9 Å². The predicted octanol–water partition coefficient (Wildman–Crippen LogP) is 1.98. The monoisotopic (exact) mass is 348 g/mol. The molecule has 0 radical (unpaired) electrons. The number of nitrogens with one attached hydrogen (secondary N) is 2. The van der Waals surface area contributed by atoms with Crippen LogP contribution in [0, 0.1) is 23.7 Å². The fraction of sp³-hybridized carbons (Fsp3) is 0.471. The van der Waals surface area contributed by atoms with Crippen LogP contribution in [0.5, 0.6) is 0 Å². The lowest BCUT2D eigenvalue weighted by atomic mass is 9.82. The number of carboxylic acids is 1. The van der Waals surface area contributed by atoms with E-state index in [0.717, 1.165) is 17.7 Å². The summed E-state index contributed by atoms with van der Waals surface area (Å²) in [7, 11) is 0. The molecule has 1 heterocycles. The summed E-state index contributed by atoms with van der Waals surface area (Å²) >= 11 is 1.52. The van der Waals surface area contributed by atoms with Gasteiger partial charge in [-0.25, -0.2) is 0 Å². The first-order valence-electron chi connectivity index (χ1n) is 8.10. The van der Waals surface area contributed by atoms with Crippen molar-refractivity contribution >= 4 is 29.1 Å². The molecule has 0 aliphatic heterocycles. The minimum atomic E-state index is -0.958. The molecule has 4 atom stereocenters. The summed E-state index contributed by atoms with van der Waals surface area (Å²) in [4.78, 5) is 37.0. The van der Waals surface area contributed by atoms with Crippen LogP contribution in [0.15, 0.2) is 23.6 Å². The third-order valence-electron chi connectivity index (χ3n) is 4.76. The summed E-state index contributed by atoms with van der Waals surface area (Å²) in [6, 6.07) is 1.82. The minimum absolute atomic E-state index is 0.0645. The van der Waals surface area contributed by atoms with Crippen molar-refractivity contribution in [2.24, 2.45) is 23.7 Å². The summed E-state index contributed by atoms with van der Waals surface area (Å²) in [6.45, 7) is 2.07. The van der Waals surface area contributed by atoms with Crippen LogP contribution in [0.25, 0.3) is 0 Å². The van der Waals surface area contributed by atoms with Crippen molar-refractivity contribution in [3.63, 3.8) is 0 Å². The number of allylic oxidation sites excluding steroid dienone is 2. The summed E-state index contributed by atoms with van der Waals surface area (Å²) in [5, 5.41) is 11.1. The molecule has 0 saturated heterocycles. The number of aliphatic carboxylic acids is 1. The van der Waals surface area contributed by atoms with Crippen LogP contribution in [0.4, 0.5) is 0 Å². The molecule has 0 aromatic carbocycles. The second-order valence-electron chi connectivity index (χ2n) is 6.33. The molecule has 0 unspecified atom stereocenters. The molecule has 1 fully saturated rings. The summed E-state index contributed by atoms with van der Waals surface area (Å²) < 4.78 is 0. The van der Waals surface area contributed by atoms with Gasteiger partial charge in [-0.3, -0.25) is 25.2 Å². The van der Waals surface area contributed by atoms with Crippen molar-refractivity contribution in [2.45, 2.75) is 26.2 Å². The van der Waals surface area contributed by atoms with Gasteiger partial charge in [-0.15, -0.1) is 11.3 Å². The van der Waals surface area contributed by atoms with E-state index in [0.29, 0.717) is 12.0 Å². The van der Waals surface area contributed by atoms with Gasteiger partial charge in [0, 0.05) is 10.3 Å². The van der Waals surface area contributed by atoms with Gasteiger partial charge in [0.15, 0.2) is 0 Å². The van der Waals surface area contributed by atoms with E-state index in [4.69, 9.17) is 0 Å². The third-order valence-corrected chi connectivity index (χ3v) is 5.76. The Morgan fingerprint density at radius 1 is 1.21 bits per heavy atom. The number of carbonyl (C=O) groups is 3. The second kappa shape index (κ2) is 6.76. The highest BCUT2D eigenvalue weighted by atomic mass is 32.1. The molecule has 24 heavy (non-hydrogen) atoms. The number of amides is 2. The van der Waals surface area contributed by atoms with Crippen molar-refractivity contribution in [3.8, 4) is 0 Å². The van der Waals surface area contributed by atoms with Crippen LogP contribution < -0.4 is 10.9 Å². The number of aryl methyl sites for hydroxylation is 1. The summed E-state index contributed by atoms with van der Waals surface area (Å²) in [6.07, 6.45) is 6.40. The zero-order chi connectivity index (χ0) is 17.3. The Kier molecular flexibility index (Phi) is 4.71. The highest BCUT2D eigenvalue weighted by Gasteiger charge is 2.51. The van der Waals surface area contributed by atoms with Gasteiger partial charge in [0.05, 0.1) is 17.4 Å². The molecule has 128 valence electrons. The quantitative estimate of drug-likeness (QED) is 0.560. The Balaban J connectivity index is 1.59. The number of fused-ring (bicyclic) bond motifs is 2. The number of carbonyl (C=O) groups excluding carboxylic acids is 2. The molecule has 7 heteroatoms. The molecule has 1 aromatic heterocycles. The van der Waals surface area contributed by atoms with Gasteiger partial charge < -0.3 is 5.11 Å². The maximum Gasteiger partial charge on any atom is 0.307 e. The number of hydrogen-bond acceptors (Lipinski definition) is 4. The zero-order valence-corrected chi connectivity index (χ0v) is 14.1. The summed E-state index contributed by atoms with van der Waals surface area (Å²) in [5.74, 6) is -3.27. The Bertz CT molecular complexity index is 697. The maximum absolute atomic E-state index is 12.4. The largest absolute Gasteiger partial charge is 0.481 e. The van der Waals surface area contributed by atoms with E-state index >= 15 is 0 Å². The average Bonchev–Trinajstić information content (AvgIpc) is 3.27. The van der Waals surface area contributed by atoms with Crippen LogP contribution in [-0.4, -0.2) is 22.9 Å². The number of rotatable bonds is 5. The Morgan fingerprint density at radius 2 is 1.92 bits per heavy atom. The molecule has 3 rings (SSSR count). The normalized spacial score (nSPS) is 27.2. The lowest BCUT2D eigenvalue weighted by Gasteiger charge is -2.23. The minimum Gasteiger partial charge on any atom is -0.481 e. The lowest BCUT2D eigenvalue weighted by Crippen LogP contribution is -2.48. The Labute approximate surface area is 143 Å². The summed E-state index contributed by atoms with van der Waals surface area (Å²) in [5.41, 5.74) is 5.31. The SMILES string of the molecule is CCCc1cc(C(=O)NNC(=O)[C@H]2[C@@H](C(=O)O)[C@H]3C=C[C@H]2C3)cs1. The lowest BCUT2D eigenvalue weighted by molar-refractivity contribution is -0.148. The van der Waals surface area contributed by atoms with Gasteiger partial charge in [0.25, 0.3) is 5.91 Å². The average molecular weight is 348 g/mol. The third kappa shape index (κ3) is 3.08. The van der Waals surface area contributed by atoms with Crippen LogP contribution in [0.3, 0.4) is 0 Å². The molecular weight excluding hydrogens is 328 g/mol. The molecule has 1 saturated carbocycles. The fourth-order valence-corrected chi connectivity index (χ4v) is 4.64. The van der Waals surface area contributed by atoms with E-state index in [1.807, 2.05) is 18.2 Å². The molecule has 2 aliphatic rings. The zero-order valence-electron chi connectivity index (χ0n) is 13.3. The van der Waals surface area contributed by atoms with E-state index in [1.54, 1.807) is 5.38 Å². The van der Waals surface area contributed by atoms with Gasteiger partial charge in [0.1, 0.15) is 0 Å². The Morgan fingerprint density at radius 3 is 2.58 bits per heavy atom. The first-order valence-corrected chi connectivity index (χ1v) is 8.98. The van der Waals surface area contributed by atoms with Gasteiger partial charge in [-0.1, -0.05) is 25.5 Å². The maximum atomic E-state index is 12.4. The van der Waals surface area contributed by atoms with Gasteiger partial charge >= 0.3 is 5.97 Å². The predicted molar refractivity (Wildman–Crippen MR) is 89.3 cm³/mol. The van der Waals surface area contributed by atoms with Crippen molar-refractivity contribution in [3.05, 3.63) is 34.0 Å². The highest BCUT2D eigenvalue weighted by molar-refractivity contribution is 7.10. The van der Waals surface area contributed by atoms with Crippen LogP contribution in [-0.2, 0) is 16.0 Å². The molecule has 0 spiro atoms. The van der Waals surface area contributed by atoms with Crippen molar-refractivity contribution < 1.29 is 19.5 Å².